The number of rotatable bonds is 7. The van der Waals surface area contributed by atoms with E-state index >= 15 is 0 Å². The molecule has 0 saturated carbocycles. The monoisotopic (exact) mass is 428 g/mol. The number of nitrogens with one attached hydrogen (secondary N) is 1. The standard InChI is InChI=1S/C27H28N2OS/c1-19(2)29-24(15-20-7-5-4-6-8-20)17-23-16-22(11-14-26(23)29)27(30)28-18-21-9-12-25(31-3)13-10-21/h4-14,16-17,19H,15,18H2,1-3H3,(H,28,30). The summed E-state index contributed by atoms with van der Waals surface area (Å²) in [6.07, 6.45) is 2.94. The molecule has 0 spiro atoms. The normalized spacial score (nSPS) is 11.2. The van der Waals surface area contributed by atoms with Crippen LogP contribution in [-0.2, 0) is 13.0 Å². The fourth-order valence-corrected chi connectivity index (χ4v) is 4.42. The molecule has 1 amide bonds. The summed E-state index contributed by atoms with van der Waals surface area (Å²) in [5, 5.41) is 4.16. The van der Waals surface area contributed by atoms with Gasteiger partial charge in [0, 0.05) is 46.1 Å². The van der Waals surface area contributed by atoms with Gasteiger partial charge in [-0.05, 0) is 67.6 Å². The van der Waals surface area contributed by atoms with E-state index in [9.17, 15) is 4.79 Å². The summed E-state index contributed by atoms with van der Waals surface area (Å²) in [5.74, 6) is -0.0438. The summed E-state index contributed by atoms with van der Waals surface area (Å²) < 4.78 is 2.37. The van der Waals surface area contributed by atoms with E-state index in [0.29, 0.717) is 18.2 Å². The fourth-order valence-electron chi connectivity index (χ4n) is 4.01. The van der Waals surface area contributed by atoms with Crippen LogP contribution in [0.1, 0.15) is 47.1 Å². The Bertz CT molecular complexity index is 1180. The van der Waals surface area contributed by atoms with Crippen molar-refractivity contribution in [2.24, 2.45) is 0 Å². The van der Waals surface area contributed by atoms with Crippen molar-refractivity contribution in [3.05, 3.63) is 101 Å². The lowest BCUT2D eigenvalue weighted by atomic mass is 10.1. The van der Waals surface area contributed by atoms with E-state index in [1.54, 1.807) is 11.8 Å². The van der Waals surface area contributed by atoms with Gasteiger partial charge in [0.1, 0.15) is 0 Å². The number of fused-ring (bicyclic) bond motifs is 1. The number of carbonyl (C=O) groups is 1. The van der Waals surface area contributed by atoms with Gasteiger partial charge in [-0.25, -0.2) is 0 Å². The smallest absolute Gasteiger partial charge is 0.251 e. The molecule has 3 nitrogen and oxygen atoms in total. The van der Waals surface area contributed by atoms with Crippen LogP contribution in [0.4, 0.5) is 0 Å². The first-order valence-corrected chi connectivity index (χ1v) is 11.9. The quantitative estimate of drug-likeness (QED) is 0.343. The molecule has 4 aromatic rings. The summed E-state index contributed by atoms with van der Waals surface area (Å²) >= 11 is 1.72. The van der Waals surface area contributed by atoms with Crippen molar-refractivity contribution >= 4 is 28.6 Å². The summed E-state index contributed by atoms with van der Waals surface area (Å²) in [6, 6.07) is 27.4. The van der Waals surface area contributed by atoms with Crippen LogP contribution in [0, 0.1) is 0 Å². The number of aromatic nitrogens is 1. The lowest BCUT2D eigenvalue weighted by Crippen LogP contribution is -2.22. The highest BCUT2D eigenvalue weighted by molar-refractivity contribution is 7.98. The Kier molecular flexibility index (Phi) is 6.47. The first-order valence-electron chi connectivity index (χ1n) is 10.6. The SMILES string of the molecule is CSc1ccc(CNC(=O)c2ccc3c(c2)cc(Cc2ccccc2)n3C(C)C)cc1. The van der Waals surface area contributed by atoms with E-state index in [0.717, 1.165) is 17.4 Å². The zero-order valence-corrected chi connectivity index (χ0v) is 19.1. The predicted octanol–water partition coefficient (Wildman–Crippen LogP) is 6.46. The van der Waals surface area contributed by atoms with Crippen LogP contribution in [0.5, 0.6) is 0 Å². The molecule has 4 rings (SSSR count). The van der Waals surface area contributed by atoms with Gasteiger partial charge in [0.2, 0.25) is 0 Å². The molecule has 0 radical (unpaired) electrons. The van der Waals surface area contributed by atoms with Gasteiger partial charge in [-0.15, -0.1) is 11.8 Å². The van der Waals surface area contributed by atoms with E-state index in [1.165, 1.54) is 21.7 Å². The number of thioether (sulfide) groups is 1. The molecule has 0 unspecified atom stereocenters. The fraction of sp³-hybridized carbons (Fsp3) is 0.222. The van der Waals surface area contributed by atoms with Crippen molar-refractivity contribution in [1.82, 2.24) is 9.88 Å². The highest BCUT2D eigenvalue weighted by atomic mass is 32.2. The van der Waals surface area contributed by atoms with Crippen molar-refractivity contribution in [3.63, 3.8) is 0 Å². The van der Waals surface area contributed by atoms with Crippen LogP contribution in [0.2, 0.25) is 0 Å². The number of amides is 1. The molecule has 0 aliphatic heterocycles. The van der Waals surface area contributed by atoms with E-state index in [1.807, 2.05) is 18.2 Å². The van der Waals surface area contributed by atoms with Gasteiger partial charge >= 0.3 is 0 Å². The minimum Gasteiger partial charge on any atom is -0.348 e. The number of benzene rings is 3. The van der Waals surface area contributed by atoms with Crippen LogP contribution >= 0.6 is 11.8 Å². The molecular formula is C27H28N2OS. The number of nitrogens with zero attached hydrogens (tertiary/aromatic N) is 1. The van der Waals surface area contributed by atoms with Crippen LogP contribution in [-0.4, -0.2) is 16.7 Å². The summed E-state index contributed by atoms with van der Waals surface area (Å²) in [6.45, 7) is 4.94. The van der Waals surface area contributed by atoms with Crippen molar-refractivity contribution in [3.8, 4) is 0 Å². The second-order valence-corrected chi connectivity index (χ2v) is 8.95. The molecule has 3 aromatic carbocycles. The first kappa shape index (κ1) is 21.3. The van der Waals surface area contributed by atoms with Gasteiger partial charge in [-0.2, -0.15) is 0 Å². The third kappa shape index (κ3) is 4.86. The van der Waals surface area contributed by atoms with Crippen molar-refractivity contribution in [1.29, 1.82) is 0 Å². The molecule has 1 N–H and O–H groups in total. The van der Waals surface area contributed by atoms with Gasteiger partial charge in [0.05, 0.1) is 0 Å². The van der Waals surface area contributed by atoms with E-state index in [2.05, 4.69) is 90.7 Å². The van der Waals surface area contributed by atoms with Crippen molar-refractivity contribution in [2.75, 3.05) is 6.26 Å². The maximum absolute atomic E-state index is 12.8. The van der Waals surface area contributed by atoms with E-state index < -0.39 is 0 Å². The third-order valence-electron chi connectivity index (χ3n) is 5.54. The Morgan fingerprint density at radius 2 is 1.68 bits per heavy atom. The Balaban J connectivity index is 1.55. The Morgan fingerprint density at radius 3 is 2.35 bits per heavy atom. The molecule has 158 valence electrons. The van der Waals surface area contributed by atoms with Crippen LogP contribution < -0.4 is 5.32 Å². The van der Waals surface area contributed by atoms with Gasteiger partial charge < -0.3 is 9.88 Å². The molecule has 4 heteroatoms. The number of hydrogen-bond acceptors (Lipinski definition) is 2. The molecule has 0 bridgehead atoms. The molecule has 1 heterocycles. The molecule has 0 aliphatic rings. The average Bonchev–Trinajstić information content (AvgIpc) is 3.15. The Hall–Kier alpha value is -2.98. The maximum Gasteiger partial charge on any atom is 0.251 e. The Labute approximate surface area is 188 Å². The highest BCUT2D eigenvalue weighted by Gasteiger charge is 2.14. The molecular weight excluding hydrogens is 400 g/mol. The van der Waals surface area contributed by atoms with Gasteiger partial charge in [0.15, 0.2) is 0 Å². The summed E-state index contributed by atoms with van der Waals surface area (Å²) in [4.78, 5) is 14.0. The van der Waals surface area contributed by atoms with Crippen LogP contribution in [0.3, 0.4) is 0 Å². The van der Waals surface area contributed by atoms with E-state index in [-0.39, 0.29) is 5.91 Å². The average molecular weight is 429 g/mol. The van der Waals surface area contributed by atoms with Gasteiger partial charge in [0.25, 0.3) is 5.91 Å². The van der Waals surface area contributed by atoms with Gasteiger partial charge in [-0.1, -0.05) is 42.5 Å². The summed E-state index contributed by atoms with van der Waals surface area (Å²) in [7, 11) is 0. The molecule has 1 aromatic heterocycles. The van der Waals surface area contributed by atoms with E-state index in [4.69, 9.17) is 0 Å². The maximum atomic E-state index is 12.8. The predicted molar refractivity (Wildman–Crippen MR) is 131 cm³/mol. The molecule has 0 atom stereocenters. The van der Waals surface area contributed by atoms with Crippen LogP contribution in [0.15, 0.2) is 83.8 Å². The zero-order valence-electron chi connectivity index (χ0n) is 18.3. The van der Waals surface area contributed by atoms with Crippen LogP contribution in [0.25, 0.3) is 10.9 Å². The minimum atomic E-state index is -0.0438. The molecule has 0 aliphatic carbocycles. The molecule has 31 heavy (non-hydrogen) atoms. The lowest BCUT2D eigenvalue weighted by molar-refractivity contribution is 0.0951. The summed E-state index contributed by atoms with van der Waals surface area (Å²) in [5.41, 5.74) is 5.52. The second-order valence-electron chi connectivity index (χ2n) is 8.07. The number of hydrogen-bond donors (Lipinski definition) is 1. The minimum absolute atomic E-state index is 0.0438. The van der Waals surface area contributed by atoms with Gasteiger partial charge in [-0.3, -0.25) is 4.79 Å². The Morgan fingerprint density at radius 1 is 0.935 bits per heavy atom. The first-order chi connectivity index (χ1) is 15.0. The largest absolute Gasteiger partial charge is 0.348 e. The van der Waals surface area contributed by atoms with Crippen molar-refractivity contribution < 1.29 is 4.79 Å². The molecule has 0 saturated heterocycles. The second kappa shape index (κ2) is 9.44. The lowest BCUT2D eigenvalue weighted by Gasteiger charge is -2.15. The zero-order chi connectivity index (χ0) is 21.8. The third-order valence-corrected chi connectivity index (χ3v) is 6.28. The topological polar surface area (TPSA) is 34.0 Å². The highest BCUT2D eigenvalue weighted by Crippen LogP contribution is 2.27. The number of carbonyl (C=O) groups excluding carboxylic acids is 1. The molecule has 0 fully saturated rings. The van der Waals surface area contributed by atoms with Crippen molar-refractivity contribution in [2.45, 2.75) is 37.8 Å².